The van der Waals surface area contributed by atoms with Crippen molar-refractivity contribution in [1.29, 1.82) is 0 Å². The predicted molar refractivity (Wildman–Crippen MR) is 76.5 cm³/mol. The van der Waals surface area contributed by atoms with Crippen LogP contribution < -0.4 is 4.72 Å². The summed E-state index contributed by atoms with van der Waals surface area (Å²) in [6, 6.07) is 8.53. The van der Waals surface area contributed by atoms with Crippen molar-refractivity contribution in [2.75, 3.05) is 0 Å². The second-order valence-corrected chi connectivity index (χ2v) is 6.62. The average Bonchev–Trinajstić information content (AvgIpc) is 2.42. The third kappa shape index (κ3) is 3.78. The minimum atomic E-state index is -3.95. The van der Waals surface area contributed by atoms with Crippen molar-refractivity contribution < 1.29 is 17.2 Å². The zero-order chi connectivity index (χ0) is 15.6. The predicted octanol–water partition coefficient (Wildman–Crippen LogP) is 3.66. The van der Waals surface area contributed by atoms with E-state index in [4.69, 9.17) is 11.6 Å². The minimum absolute atomic E-state index is 0.331. The lowest BCUT2D eigenvalue weighted by Gasteiger charge is -2.15. The van der Waals surface area contributed by atoms with Crippen molar-refractivity contribution in [3.63, 3.8) is 0 Å². The Morgan fingerprint density at radius 3 is 2.24 bits per heavy atom. The number of rotatable bonds is 4. The van der Waals surface area contributed by atoms with Gasteiger partial charge in [0.25, 0.3) is 0 Å². The Labute approximate surface area is 126 Å². The zero-order valence-electron chi connectivity index (χ0n) is 11.0. The normalized spacial score (nSPS) is 13.1. The largest absolute Gasteiger partial charge is 0.241 e. The van der Waals surface area contributed by atoms with Gasteiger partial charge in [-0.15, -0.1) is 0 Å². The molecule has 0 amide bonds. The van der Waals surface area contributed by atoms with Crippen LogP contribution in [0.5, 0.6) is 0 Å². The fraction of sp³-hybridized carbons (Fsp3) is 0.143. The van der Waals surface area contributed by atoms with Crippen LogP contribution in [-0.2, 0) is 10.0 Å². The van der Waals surface area contributed by atoms with Gasteiger partial charge in [0.1, 0.15) is 0 Å². The highest BCUT2D eigenvalue weighted by molar-refractivity contribution is 7.89. The molecule has 1 unspecified atom stereocenters. The van der Waals surface area contributed by atoms with Crippen LogP contribution in [0.15, 0.2) is 47.4 Å². The minimum Gasteiger partial charge on any atom is -0.207 e. The van der Waals surface area contributed by atoms with E-state index in [1.165, 1.54) is 0 Å². The Kier molecular flexibility index (Phi) is 4.61. The number of benzene rings is 2. The van der Waals surface area contributed by atoms with Gasteiger partial charge in [0.2, 0.25) is 10.0 Å². The summed E-state index contributed by atoms with van der Waals surface area (Å²) in [5.74, 6) is -2.31. The Morgan fingerprint density at radius 1 is 1.05 bits per heavy atom. The molecule has 21 heavy (non-hydrogen) atoms. The number of hydrogen-bond acceptors (Lipinski definition) is 2. The first-order chi connectivity index (χ1) is 9.79. The topological polar surface area (TPSA) is 46.2 Å². The second-order valence-electron chi connectivity index (χ2n) is 4.47. The second kappa shape index (κ2) is 6.09. The molecule has 0 heterocycles. The van der Waals surface area contributed by atoms with Gasteiger partial charge in [0.05, 0.1) is 4.90 Å². The third-order valence-electron chi connectivity index (χ3n) is 2.90. The van der Waals surface area contributed by atoms with Crippen molar-refractivity contribution in [2.24, 2.45) is 0 Å². The van der Waals surface area contributed by atoms with Crippen LogP contribution in [0.25, 0.3) is 0 Å². The summed E-state index contributed by atoms with van der Waals surface area (Å²) in [6.45, 7) is 1.64. The van der Waals surface area contributed by atoms with E-state index < -0.39 is 27.7 Å². The lowest BCUT2D eigenvalue weighted by atomic mass is 10.1. The summed E-state index contributed by atoms with van der Waals surface area (Å²) in [4.78, 5) is -0.331. The quantitative estimate of drug-likeness (QED) is 0.929. The number of halogens is 3. The molecule has 0 aliphatic heterocycles. The molecule has 3 nitrogen and oxygen atoms in total. The van der Waals surface area contributed by atoms with E-state index in [2.05, 4.69) is 4.72 Å². The molecule has 0 aliphatic carbocycles. The Balaban J connectivity index is 2.24. The van der Waals surface area contributed by atoms with Gasteiger partial charge in [0, 0.05) is 11.1 Å². The van der Waals surface area contributed by atoms with Crippen molar-refractivity contribution >= 4 is 21.6 Å². The highest BCUT2D eigenvalue weighted by atomic mass is 35.5. The van der Waals surface area contributed by atoms with Crippen LogP contribution in [0.4, 0.5) is 8.78 Å². The molecule has 0 saturated heterocycles. The molecule has 0 bridgehead atoms. The van der Waals surface area contributed by atoms with Gasteiger partial charge >= 0.3 is 0 Å². The average molecular weight is 332 g/mol. The molecule has 0 saturated carbocycles. The summed E-state index contributed by atoms with van der Waals surface area (Å²) < 4.78 is 52.6. The van der Waals surface area contributed by atoms with Crippen molar-refractivity contribution in [1.82, 2.24) is 4.72 Å². The summed E-state index contributed by atoms with van der Waals surface area (Å²) in [6.07, 6.45) is 0. The molecule has 112 valence electrons. The maximum Gasteiger partial charge on any atom is 0.241 e. The summed E-state index contributed by atoms with van der Waals surface area (Å²) in [7, 11) is -3.95. The van der Waals surface area contributed by atoms with Crippen LogP contribution >= 0.6 is 11.6 Å². The van der Waals surface area contributed by atoms with Crippen molar-refractivity contribution in [3.05, 3.63) is 64.7 Å². The van der Waals surface area contributed by atoms with Gasteiger partial charge in [-0.25, -0.2) is 21.9 Å². The first-order valence-electron chi connectivity index (χ1n) is 6.02. The zero-order valence-corrected chi connectivity index (χ0v) is 12.5. The Morgan fingerprint density at radius 2 is 1.67 bits per heavy atom. The monoisotopic (exact) mass is 331 g/mol. The smallest absolute Gasteiger partial charge is 0.207 e. The fourth-order valence-electron chi connectivity index (χ4n) is 1.76. The van der Waals surface area contributed by atoms with E-state index in [1.807, 2.05) is 0 Å². The molecule has 0 fully saturated rings. The van der Waals surface area contributed by atoms with Crippen LogP contribution in [0, 0.1) is 11.6 Å². The van der Waals surface area contributed by atoms with Gasteiger partial charge < -0.3 is 0 Å². The van der Waals surface area contributed by atoms with Gasteiger partial charge in [-0.3, -0.25) is 0 Å². The molecular formula is C14H12ClF2NO2S. The molecule has 0 aromatic heterocycles. The SMILES string of the molecule is CC(NS(=O)(=O)c1ccc(F)c(F)c1)c1ccc(Cl)cc1. The lowest BCUT2D eigenvalue weighted by molar-refractivity contribution is 0.503. The van der Waals surface area contributed by atoms with Gasteiger partial charge in [-0.2, -0.15) is 0 Å². The van der Waals surface area contributed by atoms with Crippen LogP contribution in [0.2, 0.25) is 5.02 Å². The van der Waals surface area contributed by atoms with Crippen LogP contribution in [-0.4, -0.2) is 8.42 Å². The van der Waals surface area contributed by atoms with Gasteiger partial charge in [0.15, 0.2) is 11.6 Å². The number of hydrogen-bond donors (Lipinski definition) is 1. The molecule has 7 heteroatoms. The van der Waals surface area contributed by atoms with Crippen LogP contribution in [0.1, 0.15) is 18.5 Å². The van der Waals surface area contributed by atoms with E-state index in [-0.39, 0.29) is 4.90 Å². The van der Waals surface area contributed by atoms with E-state index in [9.17, 15) is 17.2 Å². The number of nitrogens with one attached hydrogen (secondary N) is 1. The standard InChI is InChI=1S/C14H12ClF2NO2S/c1-9(10-2-4-11(15)5-3-10)18-21(19,20)12-6-7-13(16)14(17)8-12/h2-9,18H,1H3. The molecule has 2 aromatic carbocycles. The fourth-order valence-corrected chi connectivity index (χ4v) is 3.13. The molecule has 0 aliphatic rings. The van der Waals surface area contributed by atoms with Crippen LogP contribution in [0.3, 0.4) is 0 Å². The van der Waals surface area contributed by atoms with E-state index in [0.717, 1.165) is 12.1 Å². The molecule has 2 aromatic rings. The maximum atomic E-state index is 13.1. The molecule has 2 rings (SSSR count). The Bertz CT molecular complexity index is 748. The molecule has 0 spiro atoms. The molecular weight excluding hydrogens is 320 g/mol. The first kappa shape index (κ1) is 15.9. The highest BCUT2D eigenvalue weighted by Crippen LogP contribution is 2.20. The van der Waals surface area contributed by atoms with Crippen molar-refractivity contribution in [2.45, 2.75) is 17.9 Å². The van der Waals surface area contributed by atoms with Gasteiger partial charge in [-0.05, 0) is 42.8 Å². The maximum absolute atomic E-state index is 13.1. The lowest BCUT2D eigenvalue weighted by Crippen LogP contribution is -2.27. The van der Waals surface area contributed by atoms with Crippen molar-refractivity contribution in [3.8, 4) is 0 Å². The summed E-state index contributed by atoms with van der Waals surface area (Å²) >= 11 is 5.76. The highest BCUT2D eigenvalue weighted by Gasteiger charge is 2.19. The van der Waals surface area contributed by atoms with Gasteiger partial charge in [-0.1, -0.05) is 23.7 Å². The Hall–Kier alpha value is -1.50. The van der Waals surface area contributed by atoms with E-state index in [1.54, 1.807) is 31.2 Å². The molecule has 1 N–H and O–H groups in total. The summed E-state index contributed by atoms with van der Waals surface area (Å²) in [5.41, 5.74) is 0.700. The first-order valence-corrected chi connectivity index (χ1v) is 7.88. The summed E-state index contributed by atoms with van der Waals surface area (Å²) in [5, 5.41) is 0.536. The van der Waals surface area contributed by atoms with E-state index in [0.29, 0.717) is 16.7 Å². The third-order valence-corrected chi connectivity index (χ3v) is 4.69. The number of sulfonamides is 1. The molecule has 1 atom stereocenters. The molecule has 0 radical (unpaired) electrons. The van der Waals surface area contributed by atoms with E-state index >= 15 is 0 Å².